The lowest BCUT2D eigenvalue weighted by Crippen LogP contribution is -2.28. The van der Waals surface area contributed by atoms with Gasteiger partial charge in [-0.25, -0.2) is 14.0 Å². The molecule has 0 aromatic heterocycles. The van der Waals surface area contributed by atoms with E-state index in [1.54, 1.807) is 0 Å². The van der Waals surface area contributed by atoms with Crippen molar-refractivity contribution in [3.63, 3.8) is 0 Å². The van der Waals surface area contributed by atoms with Crippen molar-refractivity contribution in [3.05, 3.63) is 29.0 Å². The van der Waals surface area contributed by atoms with Crippen LogP contribution in [0.5, 0.6) is 5.75 Å². The van der Waals surface area contributed by atoms with Gasteiger partial charge in [0.1, 0.15) is 0 Å². The third-order valence-corrected chi connectivity index (χ3v) is 1.60. The Morgan fingerprint density at radius 2 is 1.93 bits per heavy atom. The largest absolute Gasteiger partial charge is 0.770 e. The molecule has 2 N–H and O–H groups in total. The van der Waals surface area contributed by atoms with Crippen LogP contribution in [0.2, 0.25) is 5.02 Å². The van der Waals surface area contributed by atoms with Crippen LogP contribution in [-0.4, -0.2) is 17.8 Å². The topological polar surface area (TPSA) is 68.2 Å². The van der Waals surface area contributed by atoms with Crippen LogP contribution in [0, 0.1) is 5.82 Å². The summed E-state index contributed by atoms with van der Waals surface area (Å²) < 4.78 is 17.5. The molecule has 0 unspecified atom stereocenters. The average Bonchev–Trinajstić information content (AvgIpc) is 2.18. The Morgan fingerprint density at radius 1 is 1.29 bits per heavy atom. The Morgan fingerprint density at radius 3 is 2.43 bits per heavy atom. The second-order valence-electron chi connectivity index (χ2n) is 2.17. The highest BCUT2D eigenvalue weighted by Gasteiger charge is 2.27. The lowest BCUT2D eigenvalue weighted by atomic mass is 10.2. The molecule has 0 aliphatic heterocycles. The first-order valence-electron chi connectivity index (χ1n) is 3.40. The average molecular weight is 222 g/mol. The number of para-hydroxylation sites is 1. The molecule has 1 aromatic rings. The van der Waals surface area contributed by atoms with Crippen molar-refractivity contribution in [1.82, 2.24) is 0 Å². The van der Waals surface area contributed by atoms with E-state index in [-0.39, 0.29) is 5.02 Å². The molecule has 0 aliphatic carbocycles. The van der Waals surface area contributed by atoms with Gasteiger partial charge in [-0.1, -0.05) is 17.7 Å². The minimum atomic E-state index is -1.86. The molecular formula is C6H5BClFO5. The van der Waals surface area contributed by atoms with Gasteiger partial charge < -0.3 is 4.65 Å². The van der Waals surface area contributed by atoms with Crippen LogP contribution in [-0.2, 0) is 9.61 Å². The van der Waals surface area contributed by atoms with Crippen LogP contribution in [0.4, 0.5) is 4.39 Å². The van der Waals surface area contributed by atoms with Gasteiger partial charge in [-0.15, -0.1) is 0 Å². The van der Waals surface area contributed by atoms with E-state index < -0.39 is 18.9 Å². The standard InChI is InChI=1S/C6H5BClFO5/c8-4-2-1-3-5(9)6(4)12-7(13-10)14-11/h1-3,10-11H. The van der Waals surface area contributed by atoms with E-state index in [1.165, 1.54) is 12.1 Å². The van der Waals surface area contributed by atoms with Gasteiger partial charge in [-0.05, 0) is 12.1 Å². The van der Waals surface area contributed by atoms with Crippen LogP contribution in [0.25, 0.3) is 0 Å². The lowest BCUT2D eigenvalue weighted by Gasteiger charge is -2.09. The van der Waals surface area contributed by atoms with Crippen molar-refractivity contribution in [2.24, 2.45) is 0 Å². The van der Waals surface area contributed by atoms with Crippen molar-refractivity contribution in [2.75, 3.05) is 0 Å². The number of hydrogen-bond acceptors (Lipinski definition) is 5. The van der Waals surface area contributed by atoms with Gasteiger partial charge in [-0.3, -0.25) is 10.5 Å². The first-order valence-corrected chi connectivity index (χ1v) is 3.78. The zero-order valence-corrected chi connectivity index (χ0v) is 7.44. The fourth-order valence-electron chi connectivity index (χ4n) is 0.754. The highest BCUT2D eigenvalue weighted by Crippen LogP contribution is 2.27. The lowest BCUT2D eigenvalue weighted by molar-refractivity contribution is -0.242. The van der Waals surface area contributed by atoms with Crippen LogP contribution in [0.3, 0.4) is 0 Å². The summed E-state index contributed by atoms with van der Waals surface area (Å²) in [4.78, 5) is 6.99. The number of rotatable bonds is 4. The minimum Gasteiger partial charge on any atom is -0.505 e. The predicted molar refractivity (Wildman–Crippen MR) is 45.2 cm³/mol. The van der Waals surface area contributed by atoms with Crippen LogP contribution >= 0.6 is 11.6 Å². The molecule has 0 radical (unpaired) electrons. The Labute approximate surface area is 83.6 Å². The van der Waals surface area contributed by atoms with Crippen molar-refractivity contribution in [2.45, 2.75) is 0 Å². The van der Waals surface area contributed by atoms with Gasteiger partial charge in [0.2, 0.25) is 0 Å². The number of halogens is 2. The second kappa shape index (κ2) is 5.13. The number of hydrogen-bond donors (Lipinski definition) is 2. The normalized spacial score (nSPS) is 10.0. The summed E-state index contributed by atoms with van der Waals surface area (Å²) >= 11 is 5.55. The summed E-state index contributed by atoms with van der Waals surface area (Å²) in [6, 6.07) is 3.79. The third kappa shape index (κ3) is 2.57. The zero-order chi connectivity index (χ0) is 10.6. The van der Waals surface area contributed by atoms with E-state index in [0.29, 0.717) is 0 Å². The highest BCUT2D eigenvalue weighted by atomic mass is 35.5. The van der Waals surface area contributed by atoms with Crippen molar-refractivity contribution < 1.29 is 29.2 Å². The predicted octanol–water partition coefficient (Wildman–Crippen LogP) is 1.82. The molecule has 1 aromatic carbocycles. The van der Waals surface area contributed by atoms with E-state index in [1.807, 2.05) is 0 Å². The Balaban J connectivity index is 2.84. The van der Waals surface area contributed by atoms with Gasteiger partial charge in [0.05, 0.1) is 5.02 Å². The molecule has 0 amide bonds. The molecule has 0 heterocycles. The Hall–Kier alpha value is -0.855. The molecule has 14 heavy (non-hydrogen) atoms. The molecule has 8 heteroatoms. The monoisotopic (exact) mass is 222 g/mol. The molecule has 0 aliphatic rings. The third-order valence-electron chi connectivity index (χ3n) is 1.31. The SMILES string of the molecule is OOB(OO)Oc1c(F)cccc1Cl. The number of benzene rings is 1. The Bertz CT molecular complexity index is 288. The summed E-state index contributed by atoms with van der Waals surface area (Å²) in [6.45, 7) is 0. The molecule has 0 saturated carbocycles. The van der Waals surface area contributed by atoms with E-state index in [4.69, 9.17) is 22.1 Å². The molecule has 1 rings (SSSR count). The highest BCUT2D eigenvalue weighted by molar-refractivity contribution is 6.38. The van der Waals surface area contributed by atoms with Gasteiger partial charge >= 0.3 is 7.32 Å². The molecule has 0 fully saturated rings. The first kappa shape index (κ1) is 11.2. The van der Waals surface area contributed by atoms with E-state index in [0.717, 1.165) is 6.07 Å². The molecule has 0 bridgehead atoms. The van der Waals surface area contributed by atoms with E-state index in [9.17, 15) is 4.39 Å². The van der Waals surface area contributed by atoms with Gasteiger partial charge in [0.15, 0.2) is 11.6 Å². The molecular weight excluding hydrogens is 217 g/mol. The summed E-state index contributed by atoms with van der Waals surface area (Å²) in [5.41, 5.74) is 0. The molecule has 0 saturated heterocycles. The first-order chi connectivity index (χ1) is 6.69. The van der Waals surface area contributed by atoms with Crippen molar-refractivity contribution >= 4 is 18.9 Å². The second-order valence-corrected chi connectivity index (χ2v) is 2.58. The van der Waals surface area contributed by atoms with Gasteiger partial charge in [0, 0.05) is 0 Å². The zero-order valence-electron chi connectivity index (χ0n) is 6.68. The quantitative estimate of drug-likeness (QED) is 0.462. The maximum Gasteiger partial charge on any atom is 0.770 e. The molecule has 5 nitrogen and oxygen atoms in total. The summed E-state index contributed by atoms with van der Waals surface area (Å²) in [6.07, 6.45) is 0. The summed E-state index contributed by atoms with van der Waals surface area (Å²) in [5.74, 6) is -1.18. The summed E-state index contributed by atoms with van der Waals surface area (Å²) in [5, 5.41) is 16.1. The van der Waals surface area contributed by atoms with Crippen LogP contribution in [0.15, 0.2) is 18.2 Å². The van der Waals surface area contributed by atoms with Crippen molar-refractivity contribution in [1.29, 1.82) is 0 Å². The van der Waals surface area contributed by atoms with Crippen LogP contribution in [0.1, 0.15) is 0 Å². The fourth-order valence-corrected chi connectivity index (χ4v) is 0.961. The molecule has 0 spiro atoms. The van der Waals surface area contributed by atoms with Crippen LogP contribution < -0.4 is 4.65 Å². The minimum absolute atomic E-state index is 0.0518. The molecule has 76 valence electrons. The van der Waals surface area contributed by atoms with Crippen molar-refractivity contribution in [3.8, 4) is 5.75 Å². The smallest absolute Gasteiger partial charge is 0.505 e. The maximum absolute atomic E-state index is 13.0. The molecule has 0 atom stereocenters. The summed E-state index contributed by atoms with van der Waals surface area (Å²) in [7, 11) is -1.86. The van der Waals surface area contributed by atoms with E-state index in [2.05, 4.69) is 14.3 Å². The van der Waals surface area contributed by atoms with Gasteiger partial charge in [0.25, 0.3) is 0 Å². The Kier molecular flexibility index (Phi) is 4.11. The van der Waals surface area contributed by atoms with E-state index >= 15 is 0 Å². The maximum atomic E-state index is 13.0. The fraction of sp³-hybridized carbons (Fsp3) is 0. The van der Waals surface area contributed by atoms with Gasteiger partial charge in [-0.2, -0.15) is 0 Å².